The minimum Gasteiger partial charge on any atom is -0.484 e. The second-order valence-electron chi connectivity index (χ2n) is 7.69. The van der Waals surface area contributed by atoms with Gasteiger partial charge in [-0.1, -0.05) is 49.4 Å². The molecule has 164 valence electrons. The summed E-state index contributed by atoms with van der Waals surface area (Å²) in [4.78, 5) is 27.0. The van der Waals surface area contributed by atoms with E-state index in [1.54, 1.807) is 30.0 Å². The van der Waals surface area contributed by atoms with Gasteiger partial charge in [0.15, 0.2) is 12.7 Å². The number of carbonyl (C=O) groups excluding carboxylic acids is 2. The first-order valence-corrected chi connectivity index (χ1v) is 10.7. The van der Waals surface area contributed by atoms with Crippen LogP contribution in [-0.4, -0.2) is 24.5 Å². The molecule has 1 aliphatic heterocycles. The number of benzene rings is 3. The Kier molecular flexibility index (Phi) is 6.40. The molecule has 1 atom stereocenters. The Bertz CT molecular complexity index is 1110. The molecule has 0 radical (unpaired) electrons. The van der Waals surface area contributed by atoms with Gasteiger partial charge in [0, 0.05) is 5.69 Å². The van der Waals surface area contributed by atoms with Gasteiger partial charge in [0.2, 0.25) is 0 Å². The van der Waals surface area contributed by atoms with Gasteiger partial charge in [-0.25, -0.2) is 0 Å². The number of carbonyl (C=O) groups is 2. The zero-order chi connectivity index (χ0) is 22.5. The fourth-order valence-corrected chi connectivity index (χ4v) is 3.61. The molecule has 3 aromatic rings. The fraction of sp³-hybridized carbons (Fsp3) is 0.231. The van der Waals surface area contributed by atoms with E-state index < -0.39 is 6.10 Å². The van der Waals surface area contributed by atoms with Gasteiger partial charge in [0.05, 0.1) is 12.2 Å². The number of fused-ring (bicyclic) bond motifs is 1. The van der Waals surface area contributed by atoms with Crippen LogP contribution in [0.4, 0.5) is 11.4 Å². The Balaban J connectivity index is 1.48. The van der Waals surface area contributed by atoms with E-state index in [9.17, 15) is 9.59 Å². The van der Waals surface area contributed by atoms with Crippen LogP contribution in [0.5, 0.6) is 11.5 Å². The zero-order valence-corrected chi connectivity index (χ0v) is 18.2. The molecule has 0 saturated carbocycles. The van der Waals surface area contributed by atoms with Crippen molar-refractivity contribution in [2.24, 2.45) is 0 Å². The van der Waals surface area contributed by atoms with Crippen molar-refractivity contribution in [2.45, 2.75) is 32.9 Å². The summed E-state index contributed by atoms with van der Waals surface area (Å²) in [6.45, 7) is 4.13. The summed E-state index contributed by atoms with van der Waals surface area (Å²) in [5.41, 5.74) is 3.36. The van der Waals surface area contributed by atoms with Crippen LogP contribution < -0.4 is 19.7 Å². The van der Waals surface area contributed by atoms with E-state index in [1.807, 2.05) is 54.6 Å². The molecule has 32 heavy (non-hydrogen) atoms. The van der Waals surface area contributed by atoms with Gasteiger partial charge in [0.1, 0.15) is 11.5 Å². The van der Waals surface area contributed by atoms with Gasteiger partial charge in [-0.15, -0.1) is 0 Å². The number of anilines is 2. The standard InChI is InChI=1S/C26H26N2O4/c1-3-19-10-7-11-22(14-19)31-17-25(29)27-21-12-13-24-23(15-21)28(26(30)18(2)32-24)16-20-8-5-4-6-9-20/h4-15,18H,3,16-17H2,1-2H3,(H,27,29). The van der Waals surface area contributed by atoms with E-state index in [0.29, 0.717) is 29.4 Å². The SMILES string of the molecule is CCc1cccc(OCC(=O)Nc2ccc3c(c2)N(Cc2ccccc2)C(=O)C(C)O3)c1. The lowest BCUT2D eigenvalue weighted by molar-refractivity contribution is -0.125. The first-order chi connectivity index (χ1) is 15.5. The maximum Gasteiger partial charge on any atom is 0.268 e. The van der Waals surface area contributed by atoms with E-state index in [2.05, 4.69) is 12.2 Å². The van der Waals surface area contributed by atoms with Crippen molar-refractivity contribution in [3.8, 4) is 11.5 Å². The molecule has 0 fully saturated rings. The number of rotatable bonds is 7. The van der Waals surface area contributed by atoms with Crippen LogP contribution in [0.2, 0.25) is 0 Å². The van der Waals surface area contributed by atoms with E-state index in [-0.39, 0.29) is 18.4 Å². The molecule has 0 bridgehead atoms. The molecule has 3 aromatic carbocycles. The minimum atomic E-state index is -0.570. The highest BCUT2D eigenvalue weighted by atomic mass is 16.5. The molecule has 2 amide bonds. The van der Waals surface area contributed by atoms with Crippen LogP contribution >= 0.6 is 0 Å². The summed E-state index contributed by atoms with van der Waals surface area (Å²) in [7, 11) is 0. The monoisotopic (exact) mass is 430 g/mol. The first kappa shape index (κ1) is 21.4. The highest BCUT2D eigenvalue weighted by molar-refractivity contribution is 6.01. The zero-order valence-electron chi connectivity index (χ0n) is 18.2. The predicted molar refractivity (Wildman–Crippen MR) is 124 cm³/mol. The highest BCUT2D eigenvalue weighted by Crippen LogP contribution is 2.37. The van der Waals surface area contributed by atoms with Gasteiger partial charge in [0.25, 0.3) is 11.8 Å². The van der Waals surface area contributed by atoms with E-state index in [1.165, 1.54) is 0 Å². The predicted octanol–water partition coefficient (Wildman–Crippen LogP) is 4.58. The maximum absolute atomic E-state index is 12.8. The molecule has 1 heterocycles. The second kappa shape index (κ2) is 9.56. The highest BCUT2D eigenvalue weighted by Gasteiger charge is 2.31. The molecule has 1 unspecified atom stereocenters. The van der Waals surface area contributed by atoms with Crippen molar-refractivity contribution in [2.75, 3.05) is 16.8 Å². The van der Waals surface area contributed by atoms with Crippen molar-refractivity contribution < 1.29 is 19.1 Å². The minimum absolute atomic E-state index is 0.107. The summed E-state index contributed by atoms with van der Waals surface area (Å²) in [5, 5.41) is 2.84. The van der Waals surface area contributed by atoms with Gasteiger partial charge in [-0.3, -0.25) is 9.59 Å². The van der Waals surface area contributed by atoms with E-state index in [4.69, 9.17) is 9.47 Å². The lowest BCUT2D eigenvalue weighted by atomic mass is 10.1. The molecule has 6 nitrogen and oxygen atoms in total. The molecule has 0 spiro atoms. The lowest BCUT2D eigenvalue weighted by Gasteiger charge is -2.33. The van der Waals surface area contributed by atoms with Crippen molar-refractivity contribution in [1.82, 2.24) is 0 Å². The summed E-state index contributed by atoms with van der Waals surface area (Å²) < 4.78 is 11.4. The summed E-state index contributed by atoms with van der Waals surface area (Å²) >= 11 is 0. The number of nitrogens with one attached hydrogen (secondary N) is 1. The number of hydrogen-bond acceptors (Lipinski definition) is 4. The quantitative estimate of drug-likeness (QED) is 0.596. The Morgan fingerprint density at radius 3 is 2.59 bits per heavy atom. The van der Waals surface area contributed by atoms with Crippen LogP contribution in [0.1, 0.15) is 25.0 Å². The number of ether oxygens (including phenoxy) is 2. The third-order valence-corrected chi connectivity index (χ3v) is 5.31. The maximum atomic E-state index is 12.8. The van der Waals surface area contributed by atoms with Gasteiger partial charge < -0.3 is 19.7 Å². The number of amides is 2. The van der Waals surface area contributed by atoms with E-state index >= 15 is 0 Å². The summed E-state index contributed by atoms with van der Waals surface area (Å²) in [6.07, 6.45) is 0.330. The number of aryl methyl sites for hydroxylation is 1. The second-order valence-corrected chi connectivity index (χ2v) is 7.69. The van der Waals surface area contributed by atoms with Crippen LogP contribution in [0.25, 0.3) is 0 Å². The third-order valence-electron chi connectivity index (χ3n) is 5.31. The van der Waals surface area contributed by atoms with Gasteiger partial charge in [-0.2, -0.15) is 0 Å². The van der Waals surface area contributed by atoms with Gasteiger partial charge in [-0.05, 0) is 54.8 Å². The average molecular weight is 431 g/mol. The van der Waals surface area contributed by atoms with Crippen LogP contribution in [0.3, 0.4) is 0 Å². The van der Waals surface area contributed by atoms with Crippen molar-refractivity contribution in [3.05, 3.63) is 83.9 Å². The molecule has 6 heteroatoms. The van der Waals surface area contributed by atoms with Crippen molar-refractivity contribution >= 4 is 23.2 Å². The fourth-order valence-electron chi connectivity index (χ4n) is 3.61. The average Bonchev–Trinajstić information content (AvgIpc) is 2.82. The number of hydrogen-bond donors (Lipinski definition) is 1. The van der Waals surface area contributed by atoms with Crippen LogP contribution in [0.15, 0.2) is 72.8 Å². The number of nitrogens with zero attached hydrogens (tertiary/aromatic N) is 1. The lowest BCUT2D eigenvalue weighted by Crippen LogP contribution is -2.44. The Hall–Kier alpha value is -3.80. The van der Waals surface area contributed by atoms with Crippen LogP contribution in [-0.2, 0) is 22.6 Å². The molecule has 0 aliphatic carbocycles. The summed E-state index contributed by atoms with van der Waals surface area (Å²) in [5.74, 6) is 0.868. The summed E-state index contributed by atoms with van der Waals surface area (Å²) in [6, 6.07) is 22.8. The smallest absolute Gasteiger partial charge is 0.268 e. The Morgan fingerprint density at radius 1 is 1.03 bits per heavy atom. The normalized spacial score (nSPS) is 15.0. The van der Waals surface area contributed by atoms with E-state index in [0.717, 1.165) is 17.5 Å². The first-order valence-electron chi connectivity index (χ1n) is 10.7. The molecule has 0 saturated heterocycles. The Labute approximate surface area is 187 Å². The topological polar surface area (TPSA) is 67.9 Å². The molecule has 4 rings (SSSR count). The van der Waals surface area contributed by atoms with Crippen molar-refractivity contribution in [3.63, 3.8) is 0 Å². The third kappa shape index (κ3) is 4.91. The van der Waals surface area contributed by atoms with Crippen molar-refractivity contribution in [1.29, 1.82) is 0 Å². The molecule has 1 aliphatic rings. The molecule has 0 aromatic heterocycles. The Morgan fingerprint density at radius 2 is 1.81 bits per heavy atom. The van der Waals surface area contributed by atoms with Crippen LogP contribution in [0, 0.1) is 0 Å². The molecular weight excluding hydrogens is 404 g/mol. The molecule has 1 N–H and O–H groups in total. The molecular formula is C26H26N2O4. The largest absolute Gasteiger partial charge is 0.484 e. The van der Waals surface area contributed by atoms with Gasteiger partial charge >= 0.3 is 0 Å².